The van der Waals surface area contributed by atoms with Gasteiger partial charge in [0.1, 0.15) is 17.7 Å². The Morgan fingerprint density at radius 2 is 2.10 bits per heavy atom. The van der Waals surface area contributed by atoms with Crippen molar-refractivity contribution in [2.24, 2.45) is 11.8 Å². The number of nitrogens with one attached hydrogen (secondary N) is 1. The van der Waals surface area contributed by atoms with E-state index in [0.29, 0.717) is 11.8 Å². The zero-order valence-corrected chi connectivity index (χ0v) is 12.3. The van der Waals surface area contributed by atoms with Crippen LogP contribution in [-0.4, -0.2) is 25.1 Å². The SMILES string of the molecule is Fc1ccc2c(c1)CC(CNCC1CCCC1CCl)O2. The van der Waals surface area contributed by atoms with Gasteiger partial charge in [-0.3, -0.25) is 0 Å². The number of benzene rings is 1. The number of alkyl halides is 1. The third-order valence-electron chi connectivity index (χ3n) is 4.56. The highest BCUT2D eigenvalue weighted by molar-refractivity contribution is 6.18. The van der Waals surface area contributed by atoms with Crippen LogP contribution in [0.5, 0.6) is 5.75 Å². The molecule has 3 unspecified atom stereocenters. The van der Waals surface area contributed by atoms with E-state index in [1.165, 1.54) is 25.3 Å². The van der Waals surface area contributed by atoms with Crippen LogP contribution in [0, 0.1) is 17.7 Å². The normalized spacial score (nSPS) is 28.4. The highest BCUT2D eigenvalue weighted by Gasteiger charge is 2.27. The molecule has 0 radical (unpaired) electrons. The van der Waals surface area contributed by atoms with Crippen LogP contribution < -0.4 is 10.1 Å². The Morgan fingerprint density at radius 1 is 1.25 bits per heavy atom. The van der Waals surface area contributed by atoms with E-state index >= 15 is 0 Å². The minimum Gasteiger partial charge on any atom is -0.488 e. The third kappa shape index (κ3) is 3.09. The van der Waals surface area contributed by atoms with Crippen LogP contribution >= 0.6 is 11.6 Å². The highest BCUT2D eigenvalue weighted by Crippen LogP contribution is 2.32. The van der Waals surface area contributed by atoms with Crippen molar-refractivity contribution in [2.75, 3.05) is 19.0 Å². The number of hydrogen-bond acceptors (Lipinski definition) is 2. The van der Waals surface area contributed by atoms with E-state index in [1.807, 2.05) is 0 Å². The lowest BCUT2D eigenvalue weighted by atomic mass is 9.98. The van der Waals surface area contributed by atoms with Gasteiger partial charge in [0.05, 0.1) is 0 Å². The Hall–Kier alpha value is -0.800. The van der Waals surface area contributed by atoms with Crippen LogP contribution in [0.15, 0.2) is 18.2 Å². The summed E-state index contributed by atoms with van der Waals surface area (Å²) in [6, 6.07) is 4.76. The fourth-order valence-electron chi connectivity index (χ4n) is 3.42. The summed E-state index contributed by atoms with van der Waals surface area (Å²) in [5.74, 6) is 2.79. The predicted molar refractivity (Wildman–Crippen MR) is 78.9 cm³/mol. The molecule has 0 amide bonds. The summed E-state index contributed by atoms with van der Waals surface area (Å²) in [6.45, 7) is 1.84. The molecule has 4 heteroatoms. The smallest absolute Gasteiger partial charge is 0.123 e. The summed E-state index contributed by atoms with van der Waals surface area (Å²) in [5.41, 5.74) is 0.983. The van der Waals surface area contributed by atoms with Crippen LogP contribution in [-0.2, 0) is 6.42 Å². The van der Waals surface area contributed by atoms with E-state index in [-0.39, 0.29) is 11.9 Å². The molecular formula is C16H21ClFNO. The van der Waals surface area contributed by atoms with Crippen molar-refractivity contribution in [3.05, 3.63) is 29.6 Å². The number of rotatable bonds is 5. The Balaban J connectivity index is 1.45. The third-order valence-corrected chi connectivity index (χ3v) is 4.95. The zero-order valence-electron chi connectivity index (χ0n) is 11.6. The lowest BCUT2D eigenvalue weighted by Gasteiger charge is -2.19. The van der Waals surface area contributed by atoms with E-state index < -0.39 is 0 Å². The van der Waals surface area contributed by atoms with Crippen LogP contribution in [0.1, 0.15) is 24.8 Å². The summed E-state index contributed by atoms with van der Waals surface area (Å²) >= 11 is 6.00. The molecular weight excluding hydrogens is 277 g/mol. The van der Waals surface area contributed by atoms with E-state index in [4.69, 9.17) is 16.3 Å². The molecule has 20 heavy (non-hydrogen) atoms. The minimum atomic E-state index is -0.183. The van der Waals surface area contributed by atoms with Crippen molar-refractivity contribution >= 4 is 11.6 Å². The lowest BCUT2D eigenvalue weighted by Crippen LogP contribution is -2.34. The molecule has 1 fully saturated rings. The summed E-state index contributed by atoms with van der Waals surface area (Å²) in [4.78, 5) is 0. The second-order valence-corrected chi connectivity index (χ2v) is 6.27. The first kappa shape index (κ1) is 14.2. The summed E-state index contributed by atoms with van der Waals surface area (Å²) in [5, 5.41) is 3.51. The summed E-state index contributed by atoms with van der Waals surface area (Å²) in [7, 11) is 0. The quantitative estimate of drug-likeness (QED) is 0.841. The Labute approximate surface area is 124 Å². The number of hydrogen-bond donors (Lipinski definition) is 1. The molecule has 110 valence electrons. The van der Waals surface area contributed by atoms with Gasteiger partial charge in [0.25, 0.3) is 0 Å². The van der Waals surface area contributed by atoms with Crippen molar-refractivity contribution in [1.29, 1.82) is 0 Å². The van der Waals surface area contributed by atoms with E-state index in [0.717, 1.165) is 36.7 Å². The maximum absolute atomic E-state index is 13.1. The fraction of sp³-hybridized carbons (Fsp3) is 0.625. The maximum atomic E-state index is 13.1. The molecule has 1 aliphatic heterocycles. The first-order chi connectivity index (χ1) is 9.76. The van der Waals surface area contributed by atoms with Crippen molar-refractivity contribution in [2.45, 2.75) is 31.8 Å². The largest absolute Gasteiger partial charge is 0.488 e. The Morgan fingerprint density at radius 3 is 2.95 bits per heavy atom. The number of halogens is 2. The van der Waals surface area contributed by atoms with Crippen molar-refractivity contribution in [1.82, 2.24) is 5.32 Å². The summed E-state index contributed by atoms with van der Waals surface area (Å²) < 4.78 is 19.0. The first-order valence-electron chi connectivity index (χ1n) is 7.48. The lowest BCUT2D eigenvalue weighted by molar-refractivity contribution is 0.222. The predicted octanol–water partition coefficient (Wildman–Crippen LogP) is 3.37. The van der Waals surface area contributed by atoms with Gasteiger partial charge in [-0.2, -0.15) is 0 Å². The molecule has 1 saturated carbocycles. The van der Waals surface area contributed by atoms with Gasteiger partial charge in [-0.15, -0.1) is 11.6 Å². The molecule has 2 aliphatic rings. The molecule has 1 aromatic carbocycles. The van der Waals surface area contributed by atoms with Crippen molar-refractivity contribution in [3.8, 4) is 5.75 Å². The second kappa shape index (κ2) is 6.31. The van der Waals surface area contributed by atoms with Crippen LogP contribution in [0.2, 0.25) is 0 Å². The molecule has 0 bridgehead atoms. The van der Waals surface area contributed by atoms with Gasteiger partial charge in [-0.05, 0) is 49.4 Å². The molecule has 2 nitrogen and oxygen atoms in total. The van der Waals surface area contributed by atoms with Gasteiger partial charge >= 0.3 is 0 Å². The molecule has 3 rings (SSSR count). The van der Waals surface area contributed by atoms with Gasteiger partial charge < -0.3 is 10.1 Å². The summed E-state index contributed by atoms with van der Waals surface area (Å²) in [6.07, 6.45) is 4.77. The Kier molecular flexibility index (Phi) is 4.47. The molecule has 0 spiro atoms. The maximum Gasteiger partial charge on any atom is 0.123 e. The second-order valence-electron chi connectivity index (χ2n) is 5.96. The molecule has 1 N–H and O–H groups in total. The van der Waals surface area contributed by atoms with E-state index in [9.17, 15) is 4.39 Å². The van der Waals surface area contributed by atoms with Crippen LogP contribution in [0.25, 0.3) is 0 Å². The molecule has 1 heterocycles. The van der Waals surface area contributed by atoms with Gasteiger partial charge in [0, 0.05) is 24.4 Å². The topological polar surface area (TPSA) is 21.3 Å². The standard InChI is InChI=1S/C16H21ClFNO/c17-8-11-2-1-3-12(11)9-19-10-15-7-13-6-14(18)4-5-16(13)20-15/h4-6,11-12,15,19H,1-3,7-10H2. The van der Waals surface area contributed by atoms with Crippen LogP contribution in [0.3, 0.4) is 0 Å². The zero-order chi connectivity index (χ0) is 13.9. The monoisotopic (exact) mass is 297 g/mol. The molecule has 0 saturated heterocycles. The molecule has 1 aromatic rings. The van der Waals surface area contributed by atoms with Gasteiger partial charge in [-0.1, -0.05) is 6.42 Å². The average Bonchev–Trinajstić information content (AvgIpc) is 3.04. The van der Waals surface area contributed by atoms with E-state index in [1.54, 1.807) is 12.1 Å². The van der Waals surface area contributed by atoms with Gasteiger partial charge in [0.15, 0.2) is 0 Å². The first-order valence-corrected chi connectivity index (χ1v) is 8.01. The fourth-order valence-corrected chi connectivity index (χ4v) is 3.82. The van der Waals surface area contributed by atoms with E-state index in [2.05, 4.69) is 5.32 Å². The molecule has 3 atom stereocenters. The molecule has 0 aromatic heterocycles. The van der Waals surface area contributed by atoms with Gasteiger partial charge in [0.2, 0.25) is 0 Å². The van der Waals surface area contributed by atoms with Gasteiger partial charge in [-0.25, -0.2) is 4.39 Å². The van der Waals surface area contributed by atoms with Crippen LogP contribution in [0.4, 0.5) is 4.39 Å². The average molecular weight is 298 g/mol. The number of ether oxygens (including phenoxy) is 1. The number of fused-ring (bicyclic) bond motifs is 1. The highest BCUT2D eigenvalue weighted by atomic mass is 35.5. The minimum absolute atomic E-state index is 0.127. The molecule has 1 aliphatic carbocycles. The van der Waals surface area contributed by atoms with Crippen molar-refractivity contribution < 1.29 is 9.13 Å². The van der Waals surface area contributed by atoms with Crippen molar-refractivity contribution in [3.63, 3.8) is 0 Å². The Bertz CT molecular complexity index is 468.